The SMILES string of the molecule is CS(=O)(=O)Nc1ccc(N2CCC(N3CCCCC3)CC2)c(C(=O)O)c1. The van der Waals surface area contributed by atoms with Gasteiger partial charge in [-0.05, 0) is 57.0 Å². The first-order valence-corrected chi connectivity index (χ1v) is 11.1. The van der Waals surface area contributed by atoms with Gasteiger partial charge < -0.3 is 14.9 Å². The molecule has 2 aliphatic heterocycles. The van der Waals surface area contributed by atoms with E-state index in [0.29, 0.717) is 11.7 Å². The Bertz CT molecular complexity index is 752. The zero-order valence-corrected chi connectivity index (χ0v) is 16.0. The third-order valence-electron chi connectivity index (χ3n) is 5.24. The summed E-state index contributed by atoms with van der Waals surface area (Å²) in [4.78, 5) is 16.4. The molecule has 0 aliphatic carbocycles. The number of anilines is 2. The maximum Gasteiger partial charge on any atom is 0.337 e. The number of likely N-dealkylation sites (tertiary alicyclic amines) is 1. The van der Waals surface area contributed by atoms with E-state index in [1.54, 1.807) is 12.1 Å². The maximum absolute atomic E-state index is 11.7. The molecule has 1 aromatic carbocycles. The van der Waals surface area contributed by atoms with Crippen LogP contribution in [-0.2, 0) is 10.0 Å². The van der Waals surface area contributed by atoms with Crippen molar-refractivity contribution < 1.29 is 18.3 Å². The lowest BCUT2D eigenvalue weighted by molar-refractivity contribution is 0.0697. The number of nitrogens with one attached hydrogen (secondary N) is 1. The van der Waals surface area contributed by atoms with Crippen LogP contribution in [-0.4, -0.2) is 62.9 Å². The van der Waals surface area contributed by atoms with Crippen molar-refractivity contribution in [3.63, 3.8) is 0 Å². The van der Waals surface area contributed by atoms with Gasteiger partial charge in [0.1, 0.15) is 0 Å². The fourth-order valence-corrected chi connectivity index (χ4v) is 4.57. The molecule has 1 aromatic rings. The molecule has 0 amide bonds. The fraction of sp³-hybridized carbons (Fsp3) is 0.611. The standard InChI is InChI=1S/C18H27N3O4S/c1-26(24,25)19-14-5-6-17(16(13-14)18(22)23)21-11-7-15(8-12-21)20-9-3-2-4-10-20/h5-6,13,15,19H,2-4,7-12H2,1H3,(H,22,23). The molecule has 0 unspecified atom stereocenters. The predicted octanol–water partition coefficient (Wildman–Crippen LogP) is 2.21. The number of rotatable bonds is 5. The first-order chi connectivity index (χ1) is 12.3. The van der Waals surface area contributed by atoms with Gasteiger partial charge in [-0.3, -0.25) is 4.72 Å². The van der Waals surface area contributed by atoms with Crippen LogP contribution in [0.25, 0.3) is 0 Å². The minimum atomic E-state index is -3.44. The highest BCUT2D eigenvalue weighted by Crippen LogP contribution is 2.29. The lowest BCUT2D eigenvalue weighted by Gasteiger charge is -2.41. The Hall–Kier alpha value is -1.80. The van der Waals surface area contributed by atoms with Gasteiger partial charge in [0.15, 0.2) is 0 Å². The lowest BCUT2D eigenvalue weighted by atomic mass is 9.98. The van der Waals surface area contributed by atoms with E-state index in [2.05, 4.69) is 14.5 Å². The lowest BCUT2D eigenvalue weighted by Crippen LogP contribution is -2.47. The van der Waals surface area contributed by atoms with Crippen molar-refractivity contribution in [1.82, 2.24) is 4.90 Å². The molecule has 2 heterocycles. The molecule has 0 aromatic heterocycles. The Morgan fingerprint density at radius 2 is 1.77 bits per heavy atom. The van der Waals surface area contributed by atoms with E-state index in [4.69, 9.17) is 0 Å². The van der Waals surface area contributed by atoms with Crippen LogP contribution in [0.5, 0.6) is 0 Å². The molecule has 0 saturated carbocycles. The number of nitrogens with zero attached hydrogens (tertiary/aromatic N) is 2. The third-order valence-corrected chi connectivity index (χ3v) is 5.85. The summed E-state index contributed by atoms with van der Waals surface area (Å²) in [6.07, 6.45) is 6.99. The van der Waals surface area contributed by atoms with E-state index in [-0.39, 0.29) is 11.3 Å². The Kier molecular flexibility index (Phi) is 5.72. The summed E-state index contributed by atoms with van der Waals surface area (Å²) in [6, 6.07) is 5.32. The Morgan fingerprint density at radius 3 is 2.35 bits per heavy atom. The summed E-state index contributed by atoms with van der Waals surface area (Å²) in [5.74, 6) is -1.05. The van der Waals surface area contributed by atoms with Gasteiger partial charge in [-0.25, -0.2) is 13.2 Å². The highest BCUT2D eigenvalue weighted by Gasteiger charge is 2.27. The normalized spacial score (nSPS) is 20.1. The molecule has 2 N–H and O–H groups in total. The molecular formula is C18H27N3O4S. The molecule has 7 nitrogen and oxygen atoms in total. The van der Waals surface area contributed by atoms with E-state index in [0.717, 1.165) is 32.2 Å². The molecular weight excluding hydrogens is 354 g/mol. The van der Waals surface area contributed by atoms with Crippen molar-refractivity contribution in [2.24, 2.45) is 0 Å². The van der Waals surface area contributed by atoms with Crippen molar-refractivity contribution in [2.75, 3.05) is 42.1 Å². The molecule has 0 atom stereocenters. The largest absolute Gasteiger partial charge is 0.478 e. The second kappa shape index (κ2) is 7.84. The van der Waals surface area contributed by atoms with Crippen LogP contribution >= 0.6 is 0 Å². The molecule has 2 saturated heterocycles. The molecule has 0 bridgehead atoms. The number of sulfonamides is 1. The number of piperidine rings is 2. The van der Waals surface area contributed by atoms with E-state index >= 15 is 0 Å². The van der Waals surface area contributed by atoms with Gasteiger partial charge in [0.25, 0.3) is 0 Å². The van der Waals surface area contributed by atoms with Crippen LogP contribution in [0.3, 0.4) is 0 Å². The number of hydrogen-bond acceptors (Lipinski definition) is 5. The highest BCUT2D eigenvalue weighted by atomic mass is 32.2. The van der Waals surface area contributed by atoms with Crippen molar-refractivity contribution in [1.29, 1.82) is 0 Å². The molecule has 0 radical (unpaired) electrons. The molecule has 8 heteroatoms. The monoisotopic (exact) mass is 381 g/mol. The minimum absolute atomic E-state index is 0.134. The number of carbonyl (C=O) groups is 1. The second-order valence-electron chi connectivity index (χ2n) is 7.23. The highest BCUT2D eigenvalue weighted by molar-refractivity contribution is 7.92. The Morgan fingerprint density at radius 1 is 1.12 bits per heavy atom. The second-order valence-corrected chi connectivity index (χ2v) is 8.97. The number of benzene rings is 1. The van der Waals surface area contributed by atoms with Crippen LogP contribution in [0, 0.1) is 0 Å². The summed E-state index contributed by atoms with van der Waals surface area (Å²) < 4.78 is 25.1. The summed E-state index contributed by atoms with van der Waals surface area (Å²) in [7, 11) is -3.44. The summed E-state index contributed by atoms with van der Waals surface area (Å²) >= 11 is 0. The van der Waals surface area contributed by atoms with Gasteiger partial charge in [-0.2, -0.15) is 0 Å². The molecule has 26 heavy (non-hydrogen) atoms. The van der Waals surface area contributed by atoms with Crippen molar-refractivity contribution in [2.45, 2.75) is 38.1 Å². The number of hydrogen-bond donors (Lipinski definition) is 2. The van der Waals surface area contributed by atoms with Crippen molar-refractivity contribution in [3.05, 3.63) is 23.8 Å². The number of carboxylic acid groups (broad SMARTS) is 1. The van der Waals surface area contributed by atoms with E-state index in [1.165, 1.54) is 38.4 Å². The molecule has 144 valence electrons. The van der Waals surface area contributed by atoms with Gasteiger partial charge >= 0.3 is 5.97 Å². The fourth-order valence-electron chi connectivity index (χ4n) is 4.02. The van der Waals surface area contributed by atoms with Gasteiger partial charge in [0.05, 0.1) is 17.5 Å². The first kappa shape index (κ1) is 19.0. The van der Waals surface area contributed by atoms with E-state index in [9.17, 15) is 18.3 Å². The van der Waals surface area contributed by atoms with Crippen molar-refractivity contribution >= 4 is 27.4 Å². The molecule has 3 rings (SSSR count). The molecule has 2 fully saturated rings. The molecule has 0 spiro atoms. The third kappa shape index (κ3) is 4.67. The number of aromatic carboxylic acids is 1. The van der Waals surface area contributed by atoms with Crippen LogP contribution in [0.15, 0.2) is 18.2 Å². The van der Waals surface area contributed by atoms with Gasteiger partial charge in [0.2, 0.25) is 10.0 Å². The summed E-state index contributed by atoms with van der Waals surface area (Å²) in [6.45, 7) is 3.99. The average Bonchev–Trinajstić information content (AvgIpc) is 2.61. The van der Waals surface area contributed by atoms with Crippen molar-refractivity contribution in [3.8, 4) is 0 Å². The molecule has 2 aliphatic rings. The van der Waals surface area contributed by atoms with Crippen LogP contribution in [0.1, 0.15) is 42.5 Å². The first-order valence-electron chi connectivity index (χ1n) is 9.17. The summed E-state index contributed by atoms with van der Waals surface area (Å²) in [5.41, 5.74) is 1.07. The van der Waals surface area contributed by atoms with Gasteiger partial charge in [-0.1, -0.05) is 6.42 Å². The zero-order valence-electron chi connectivity index (χ0n) is 15.1. The van der Waals surface area contributed by atoms with E-state index in [1.807, 2.05) is 0 Å². The maximum atomic E-state index is 11.7. The topological polar surface area (TPSA) is 90.0 Å². The number of carboxylic acids is 1. The Balaban J connectivity index is 1.71. The van der Waals surface area contributed by atoms with E-state index < -0.39 is 16.0 Å². The minimum Gasteiger partial charge on any atom is -0.478 e. The van der Waals surface area contributed by atoms with Crippen LogP contribution in [0.2, 0.25) is 0 Å². The van der Waals surface area contributed by atoms with Crippen LogP contribution in [0.4, 0.5) is 11.4 Å². The quantitative estimate of drug-likeness (QED) is 0.813. The summed E-state index contributed by atoms with van der Waals surface area (Å²) in [5, 5.41) is 9.56. The Labute approximate surface area is 155 Å². The smallest absolute Gasteiger partial charge is 0.337 e. The zero-order chi connectivity index (χ0) is 18.7. The average molecular weight is 381 g/mol. The van der Waals surface area contributed by atoms with Gasteiger partial charge in [-0.15, -0.1) is 0 Å². The van der Waals surface area contributed by atoms with Crippen LogP contribution < -0.4 is 9.62 Å². The van der Waals surface area contributed by atoms with Gasteiger partial charge in [0, 0.05) is 24.8 Å². The predicted molar refractivity (Wildman–Crippen MR) is 103 cm³/mol.